The van der Waals surface area contributed by atoms with Gasteiger partial charge in [0.1, 0.15) is 0 Å². The lowest BCUT2D eigenvalue weighted by atomic mass is 10.2. The van der Waals surface area contributed by atoms with Gasteiger partial charge in [-0.15, -0.1) is 0 Å². The van der Waals surface area contributed by atoms with Gasteiger partial charge in [-0.3, -0.25) is 4.79 Å². The number of aliphatic hydroxyl groups is 1. The van der Waals surface area contributed by atoms with Crippen LogP contribution < -0.4 is 10.9 Å². The topological polar surface area (TPSA) is 54.3 Å². The number of hydrogen-bond acceptors (Lipinski definition) is 3. The maximum absolute atomic E-state index is 11.7. The van der Waals surface area contributed by atoms with Crippen molar-refractivity contribution in [3.63, 3.8) is 0 Å². The molecule has 0 bridgehead atoms. The summed E-state index contributed by atoms with van der Waals surface area (Å²) in [7, 11) is 0. The Kier molecular flexibility index (Phi) is 4.36. The lowest BCUT2D eigenvalue weighted by molar-refractivity contribution is 0.311. The zero-order valence-electron chi connectivity index (χ0n) is 11.0. The molecule has 1 heterocycles. The Hall–Kier alpha value is -2.07. The van der Waals surface area contributed by atoms with Crippen molar-refractivity contribution in [2.24, 2.45) is 0 Å². The summed E-state index contributed by atoms with van der Waals surface area (Å²) in [5, 5.41) is 11.8. The Labute approximate surface area is 112 Å². The van der Waals surface area contributed by atoms with Crippen LogP contribution in [0, 0.1) is 6.92 Å². The zero-order chi connectivity index (χ0) is 13.7. The van der Waals surface area contributed by atoms with Gasteiger partial charge in [0.25, 0.3) is 5.56 Å². The number of aliphatic hydroxyl groups excluding tert-OH is 1. The molecule has 2 aromatic rings. The van der Waals surface area contributed by atoms with Crippen molar-refractivity contribution < 1.29 is 5.11 Å². The van der Waals surface area contributed by atoms with E-state index in [1.165, 1.54) is 0 Å². The van der Waals surface area contributed by atoms with Gasteiger partial charge in [-0.2, -0.15) is 0 Å². The number of aromatic nitrogens is 1. The summed E-state index contributed by atoms with van der Waals surface area (Å²) in [6.45, 7) is 3.19. The number of pyridine rings is 1. The first-order valence-electron chi connectivity index (χ1n) is 6.30. The van der Waals surface area contributed by atoms with Crippen LogP contribution in [0.5, 0.6) is 0 Å². The minimum absolute atomic E-state index is 0.00748. The summed E-state index contributed by atoms with van der Waals surface area (Å²) in [5.74, 6) is 0. The Balaban J connectivity index is 2.11. The number of nitrogens with zero attached hydrogens (tertiary/aromatic N) is 1. The van der Waals surface area contributed by atoms with Crippen molar-refractivity contribution in [1.82, 2.24) is 4.57 Å². The molecule has 0 unspecified atom stereocenters. The molecule has 1 aromatic carbocycles. The minimum atomic E-state index is 0.00748. The van der Waals surface area contributed by atoms with Gasteiger partial charge in [0.15, 0.2) is 0 Å². The van der Waals surface area contributed by atoms with Crippen LogP contribution in [0.1, 0.15) is 11.1 Å². The van der Waals surface area contributed by atoms with Crippen LogP contribution in [0.25, 0.3) is 0 Å². The highest BCUT2D eigenvalue weighted by atomic mass is 16.3. The molecule has 0 aliphatic rings. The molecule has 1 aromatic heterocycles. The molecular weight excluding hydrogens is 240 g/mol. The predicted molar refractivity (Wildman–Crippen MR) is 76.6 cm³/mol. The third-order valence-electron chi connectivity index (χ3n) is 2.88. The van der Waals surface area contributed by atoms with Crippen molar-refractivity contribution in [3.8, 4) is 0 Å². The minimum Gasteiger partial charge on any atom is -0.395 e. The fraction of sp³-hybridized carbons (Fsp3) is 0.267. The van der Waals surface area contributed by atoms with E-state index in [-0.39, 0.29) is 12.2 Å². The van der Waals surface area contributed by atoms with E-state index in [1.807, 2.05) is 43.5 Å². The Morgan fingerprint density at radius 3 is 2.58 bits per heavy atom. The number of benzene rings is 1. The van der Waals surface area contributed by atoms with E-state index in [4.69, 9.17) is 5.11 Å². The summed E-state index contributed by atoms with van der Waals surface area (Å²) in [4.78, 5) is 11.7. The van der Waals surface area contributed by atoms with E-state index < -0.39 is 0 Å². The van der Waals surface area contributed by atoms with Crippen LogP contribution in [0.15, 0.2) is 47.4 Å². The summed E-state index contributed by atoms with van der Waals surface area (Å²) < 4.78 is 1.70. The Morgan fingerprint density at radius 2 is 1.89 bits per heavy atom. The molecule has 0 saturated heterocycles. The molecule has 0 radical (unpaired) electrons. The van der Waals surface area contributed by atoms with Gasteiger partial charge in [0.2, 0.25) is 0 Å². The molecule has 0 saturated carbocycles. The summed E-state index contributed by atoms with van der Waals surface area (Å²) in [6, 6.07) is 11.3. The van der Waals surface area contributed by atoms with E-state index in [2.05, 4.69) is 5.32 Å². The maximum Gasteiger partial charge on any atom is 0.250 e. The van der Waals surface area contributed by atoms with Crippen molar-refractivity contribution in [1.29, 1.82) is 0 Å². The lowest BCUT2D eigenvalue weighted by Gasteiger charge is -2.08. The largest absolute Gasteiger partial charge is 0.395 e. The quantitative estimate of drug-likeness (QED) is 0.856. The van der Waals surface area contributed by atoms with Gasteiger partial charge in [-0.1, -0.05) is 18.2 Å². The first-order chi connectivity index (χ1) is 9.19. The van der Waals surface area contributed by atoms with E-state index in [0.29, 0.717) is 13.1 Å². The van der Waals surface area contributed by atoms with Gasteiger partial charge < -0.3 is 15.0 Å². The van der Waals surface area contributed by atoms with Crippen LogP contribution in [-0.4, -0.2) is 22.8 Å². The van der Waals surface area contributed by atoms with E-state index >= 15 is 0 Å². The molecule has 100 valence electrons. The standard InChI is InChI=1S/C15H18N2O2/c1-12-2-7-15(19)17(10-12)11-13-3-5-14(6-4-13)16-8-9-18/h2-7,10,16,18H,8-9,11H2,1H3. The molecule has 0 amide bonds. The third-order valence-corrected chi connectivity index (χ3v) is 2.88. The van der Waals surface area contributed by atoms with Crippen molar-refractivity contribution in [3.05, 3.63) is 64.1 Å². The first kappa shape index (κ1) is 13.4. The normalized spacial score (nSPS) is 10.4. The molecule has 0 atom stereocenters. The van der Waals surface area contributed by atoms with E-state index in [9.17, 15) is 4.79 Å². The second-order valence-electron chi connectivity index (χ2n) is 4.52. The maximum atomic E-state index is 11.7. The van der Waals surface area contributed by atoms with E-state index in [0.717, 1.165) is 16.8 Å². The Bertz CT molecular complexity index is 588. The summed E-state index contributed by atoms with van der Waals surface area (Å²) in [6.07, 6.45) is 1.86. The number of nitrogens with one attached hydrogen (secondary N) is 1. The highest BCUT2D eigenvalue weighted by Gasteiger charge is 1.99. The molecule has 0 fully saturated rings. The van der Waals surface area contributed by atoms with Crippen LogP contribution >= 0.6 is 0 Å². The fourth-order valence-corrected chi connectivity index (χ4v) is 1.90. The lowest BCUT2D eigenvalue weighted by Crippen LogP contribution is -2.19. The van der Waals surface area contributed by atoms with Gasteiger partial charge in [-0.25, -0.2) is 0 Å². The van der Waals surface area contributed by atoms with Crippen LogP contribution in [0.3, 0.4) is 0 Å². The smallest absolute Gasteiger partial charge is 0.250 e. The average molecular weight is 258 g/mol. The van der Waals surface area contributed by atoms with Gasteiger partial charge in [-0.05, 0) is 30.2 Å². The summed E-state index contributed by atoms with van der Waals surface area (Å²) >= 11 is 0. The van der Waals surface area contributed by atoms with Crippen LogP contribution in [0.2, 0.25) is 0 Å². The number of hydrogen-bond donors (Lipinski definition) is 2. The molecule has 4 heteroatoms. The molecule has 0 aliphatic carbocycles. The van der Waals surface area contributed by atoms with Crippen molar-refractivity contribution in [2.75, 3.05) is 18.5 Å². The molecule has 2 rings (SSSR count). The second-order valence-corrected chi connectivity index (χ2v) is 4.52. The average Bonchev–Trinajstić information content (AvgIpc) is 2.42. The highest BCUT2D eigenvalue weighted by molar-refractivity contribution is 5.44. The van der Waals surface area contributed by atoms with Gasteiger partial charge in [0, 0.05) is 24.5 Å². The number of aryl methyl sites for hydroxylation is 1. The van der Waals surface area contributed by atoms with E-state index in [1.54, 1.807) is 10.6 Å². The van der Waals surface area contributed by atoms with Gasteiger partial charge in [0.05, 0.1) is 13.2 Å². The van der Waals surface area contributed by atoms with Gasteiger partial charge >= 0.3 is 0 Å². The molecule has 2 N–H and O–H groups in total. The summed E-state index contributed by atoms with van der Waals surface area (Å²) in [5.41, 5.74) is 3.12. The molecular formula is C15H18N2O2. The molecule has 4 nitrogen and oxygen atoms in total. The molecule has 0 aliphatic heterocycles. The number of anilines is 1. The zero-order valence-corrected chi connectivity index (χ0v) is 11.0. The van der Waals surface area contributed by atoms with Crippen molar-refractivity contribution >= 4 is 5.69 Å². The molecule has 0 spiro atoms. The third kappa shape index (κ3) is 3.69. The van der Waals surface area contributed by atoms with Crippen molar-refractivity contribution in [2.45, 2.75) is 13.5 Å². The fourth-order valence-electron chi connectivity index (χ4n) is 1.90. The number of rotatable bonds is 5. The van der Waals surface area contributed by atoms with Crippen LogP contribution in [0.4, 0.5) is 5.69 Å². The Morgan fingerprint density at radius 1 is 1.16 bits per heavy atom. The predicted octanol–water partition coefficient (Wildman–Crippen LogP) is 1.61. The molecule has 19 heavy (non-hydrogen) atoms. The SMILES string of the molecule is Cc1ccc(=O)n(Cc2ccc(NCCO)cc2)c1. The first-order valence-corrected chi connectivity index (χ1v) is 6.30. The highest BCUT2D eigenvalue weighted by Crippen LogP contribution is 2.10. The monoisotopic (exact) mass is 258 g/mol. The van der Waals surface area contributed by atoms with Crippen LogP contribution in [-0.2, 0) is 6.54 Å². The second kappa shape index (κ2) is 6.20.